The molecule has 0 saturated carbocycles. The molecule has 98 valence electrons. The highest BCUT2D eigenvalue weighted by molar-refractivity contribution is 6.03. The van der Waals surface area contributed by atoms with E-state index >= 15 is 0 Å². The molecule has 19 heavy (non-hydrogen) atoms. The van der Waals surface area contributed by atoms with Crippen LogP contribution in [0.1, 0.15) is 12.5 Å². The van der Waals surface area contributed by atoms with Crippen LogP contribution < -0.4 is 10.1 Å². The molecular weight excluding hydrogens is 238 g/mol. The maximum Gasteiger partial charge on any atom is 0.221 e. The van der Waals surface area contributed by atoms with Crippen LogP contribution in [0.3, 0.4) is 0 Å². The van der Waals surface area contributed by atoms with Crippen LogP contribution >= 0.6 is 0 Å². The highest BCUT2D eigenvalue weighted by Gasteiger charge is 2.09. The molecule has 0 saturated heterocycles. The van der Waals surface area contributed by atoms with Crippen molar-refractivity contribution in [2.45, 2.75) is 13.3 Å². The second-order valence-electron chi connectivity index (χ2n) is 4.36. The van der Waals surface area contributed by atoms with Gasteiger partial charge >= 0.3 is 0 Å². The van der Waals surface area contributed by atoms with Gasteiger partial charge < -0.3 is 10.1 Å². The third-order valence-corrected chi connectivity index (χ3v) is 2.98. The molecule has 0 aromatic heterocycles. The summed E-state index contributed by atoms with van der Waals surface area (Å²) < 4.78 is 5.25. The van der Waals surface area contributed by atoms with Crippen molar-refractivity contribution in [1.29, 1.82) is 0 Å². The van der Waals surface area contributed by atoms with Gasteiger partial charge in [0.2, 0.25) is 5.91 Å². The van der Waals surface area contributed by atoms with Gasteiger partial charge in [0.15, 0.2) is 0 Å². The van der Waals surface area contributed by atoms with Gasteiger partial charge in [-0.25, -0.2) is 0 Å². The first-order chi connectivity index (χ1) is 9.15. The third-order valence-electron chi connectivity index (χ3n) is 2.98. The van der Waals surface area contributed by atoms with Crippen LogP contribution in [0.5, 0.6) is 5.75 Å². The molecule has 0 aliphatic rings. The fourth-order valence-corrected chi connectivity index (χ4v) is 2.12. The van der Waals surface area contributed by atoms with Crippen molar-refractivity contribution < 1.29 is 9.53 Å². The molecule has 2 rings (SSSR count). The summed E-state index contributed by atoms with van der Waals surface area (Å²) in [5.74, 6) is 0.690. The minimum atomic E-state index is -0.0827. The molecule has 1 amide bonds. The molecule has 2 aromatic carbocycles. The first kappa shape index (κ1) is 13.1. The number of allylic oxidation sites excluding steroid dienone is 1. The SMILES string of the molecule is C=CCc1ccc2ccc(OC)cc2c1NC(C)=O. The van der Waals surface area contributed by atoms with E-state index in [1.54, 1.807) is 7.11 Å². The molecule has 0 atom stereocenters. The fourth-order valence-electron chi connectivity index (χ4n) is 2.12. The van der Waals surface area contributed by atoms with Crippen LogP contribution in [-0.2, 0) is 11.2 Å². The molecule has 0 aliphatic carbocycles. The van der Waals surface area contributed by atoms with E-state index in [0.29, 0.717) is 6.42 Å². The van der Waals surface area contributed by atoms with Crippen LogP contribution in [0.2, 0.25) is 0 Å². The van der Waals surface area contributed by atoms with Gasteiger partial charge in [-0.1, -0.05) is 24.3 Å². The van der Waals surface area contributed by atoms with Gasteiger partial charge in [-0.3, -0.25) is 4.79 Å². The molecule has 0 spiro atoms. The van der Waals surface area contributed by atoms with Gasteiger partial charge in [0, 0.05) is 12.3 Å². The molecule has 0 unspecified atom stereocenters. The van der Waals surface area contributed by atoms with Gasteiger partial charge in [-0.15, -0.1) is 6.58 Å². The minimum Gasteiger partial charge on any atom is -0.497 e. The van der Waals surface area contributed by atoms with Crippen molar-refractivity contribution in [2.24, 2.45) is 0 Å². The van der Waals surface area contributed by atoms with Gasteiger partial charge in [-0.05, 0) is 29.5 Å². The number of carbonyl (C=O) groups is 1. The van der Waals surface area contributed by atoms with E-state index < -0.39 is 0 Å². The van der Waals surface area contributed by atoms with Crippen molar-refractivity contribution in [3.63, 3.8) is 0 Å². The first-order valence-corrected chi connectivity index (χ1v) is 6.14. The minimum absolute atomic E-state index is 0.0827. The van der Waals surface area contributed by atoms with Crippen LogP contribution in [0.4, 0.5) is 5.69 Å². The van der Waals surface area contributed by atoms with Gasteiger partial charge in [-0.2, -0.15) is 0 Å². The Morgan fingerprint density at radius 2 is 2.11 bits per heavy atom. The Balaban J connectivity index is 2.68. The number of methoxy groups -OCH3 is 1. The number of anilines is 1. The summed E-state index contributed by atoms with van der Waals surface area (Å²) in [6.07, 6.45) is 2.54. The van der Waals surface area contributed by atoms with Crippen molar-refractivity contribution in [3.05, 3.63) is 48.6 Å². The number of carbonyl (C=O) groups excluding carboxylic acids is 1. The Kier molecular flexibility index (Phi) is 3.85. The molecule has 1 N–H and O–H groups in total. The Bertz CT molecular complexity index is 632. The zero-order valence-corrected chi connectivity index (χ0v) is 11.2. The topological polar surface area (TPSA) is 38.3 Å². The van der Waals surface area contributed by atoms with E-state index in [9.17, 15) is 4.79 Å². The lowest BCUT2D eigenvalue weighted by atomic mass is 10.0. The number of fused-ring (bicyclic) bond motifs is 1. The average molecular weight is 255 g/mol. The van der Waals surface area contributed by atoms with Crippen molar-refractivity contribution in [3.8, 4) is 5.75 Å². The number of nitrogens with one attached hydrogen (secondary N) is 1. The van der Waals surface area contributed by atoms with Crippen molar-refractivity contribution in [1.82, 2.24) is 0 Å². The predicted molar refractivity (Wildman–Crippen MR) is 78.7 cm³/mol. The Morgan fingerprint density at radius 3 is 2.74 bits per heavy atom. The molecule has 3 nitrogen and oxygen atoms in total. The third kappa shape index (κ3) is 2.76. The number of rotatable bonds is 4. The fraction of sp³-hybridized carbons (Fsp3) is 0.188. The van der Waals surface area contributed by atoms with Crippen LogP contribution in [0, 0.1) is 0 Å². The van der Waals surface area contributed by atoms with E-state index in [-0.39, 0.29) is 5.91 Å². The second-order valence-corrected chi connectivity index (χ2v) is 4.36. The zero-order chi connectivity index (χ0) is 13.8. The summed E-state index contributed by atoms with van der Waals surface area (Å²) in [4.78, 5) is 11.4. The maximum atomic E-state index is 11.4. The molecule has 0 heterocycles. The quantitative estimate of drug-likeness (QED) is 0.849. The zero-order valence-electron chi connectivity index (χ0n) is 11.2. The van der Waals surface area contributed by atoms with Crippen molar-refractivity contribution >= 4 is 22.4 Å². The Morgan fingerprint density at radius 1 is 1.37 bits per heavy atom. The molecule has 0 bridgehead atoms. The van der Waals surface area contributed by atoms with Gasteiger partial charge in [0.25, 0.3) is 0 Å². The van der Waals surface area contributed by atoms with Crippen LogP contribution in [-0.4, -0.2) is 13.0 Å². The van der Waals surface area contributed by atoms with Crippen LogP contribution in [0.25, 0.3) is 10.8 Å². The summed E-state index contributed by atoms with van der Waals surface area (Å²) in [5.41, 5.74) is 1.88. The molecule has 0 radical (unpaired) electrons. The second kappa shape index (κ2) is 5.57. The molecule has 3 heteroatoms. The van der Waals surface area contributed by atoms with E-state index in [1.807, 2.05) is 36.4 Å². The maximum absolute atomic E-state index is 11.4. The summed E-state index contributed by atoms with van der Waals surface area (Å²) in [5, 5.41) is 4.96. The normalized spacial score (nSPS) is 10.2. The predicted octanol–water partition coefficient (Wildman–Crippen LogP) is 3.54. The summed E-state index contributed by atoms with van der Waals surface area (Å²) >= 11 is 0. The van der Waals surface area contributed by atoms with Gasteiger partial charge in [0.1, 0.15) is 5.75 Å². The van der Waals surface area contributed by atoms with E-state index in [0.717, 1.165) is 27.8 Å². The smallest absolute Gasteiger partial charge is 0.221 e. The molecule has 0 fully saturated rings. The highest BCUT2D eigenvalue weighted by Crippen LogP contribution is 2.31. The number of amides is 1. The number of benzene rings is 2. The summed E-state index contributed by atoms with van der Waals surface area (Å²) in [6, 6.07) is 9.89. The Labute approximate surface area is 112 Å². The molecule has 2 aromatic rings. The van der Waals surface area contributed by atoms with E-state index in [4.69, 9.17) is 4.74 Å². The Hall–Kier alpha value is -2.29. The number of ether oxygens (including phenoxy) is 1. The monoisotopic (exact) mass is 255 g/mol. The summed E-state index contributed by atoms with van der Waals surface area (Å²) in [6.45, 7) is 5.26. The van der Waals surface area contributed by atoms with E-state index in [1.165, 1.54) is 6.92 Å². The van der Waals surface area contributed by atoms with E-state index in [2.05, 4.69) is 11.9 Å². The molecule has 0 aliphatic heterocycles. The number of hydrogen-bond donors (Lipinski definition) is 1. The largest absolute Gasteiger partial charge is 0.497 e. The standard InChI is InChI=1S/C16H17NO2/c1-4-5-13-7-6-12-8-9-14(19-3)10-15(12)16(13)17-11(2)18/h4,6-10H,1,5H2,2-3H3,(H,17,18). The lowest BCUT2D eigenvalue weighted by molar-refractivity contribution is -0.114. The average Bonchev–Trinajstić information content (AvgIpc) is 2.40. The van der Waals surface area contributed by atoms with Crippen LogP contribution in [0.15, 0.2) is 43.0 Å². The van der Waals surface area contributed by atoms with Crippen molar-refractivity contribution in [2.75, 3.05) is 12.4 Å². The lowest BCUT2D eigenvalue weighted by Crippen LogP contribution is -2.08. The van der Waals surface area contributed by atoms with Gasteiger partial charge in [0.05, 0.1) is 12.8 Å². The molecular formula is C16H17NO2. The number of hydrogen-bond acceptors (Lipinski definition) is 2. The lowest BCUT2D eigenvalue weighted by Gasteiger charge is -2.13. The highest BCUT2D eigenvalue weighted by atomic mass is 16.5. The summed E-state index contributed by atoms with van der Waals surface area (Å²) in [7, 11) is 1.63. The first-order valence-electron chi connectivity index (χ1n) is 6.14.